The Morgan fingerprint density at radius 3 is 2.62 bits per heavy atom. The van der Waals surface area contributed by atoms with Gasteiger partial charge in [-0.25, -0.2) is 4.79 Å². The summed E-state index contributed by atoms with van der Waals surface area (Å²) in [5.74, 6) is -7.29. The Balaban J connectivity index is 2.79. The fraction of sp³-hybridized carbons (Fsp3) is 0.750. The van der Waals surface area contributed by atoms with Crippen molar-refractivity contribution in [3.63, 3.8) is 0 Å². The zero-order valence-electron chi connectivity index (χ0n) is 7.18. The molecule has 0 heterocycles. The molecule has 0 aromatic heterocycles. The summed E-state index contributed by atoms with van der Waals surface area (Å²) in [6.07, 6.45) is 0.633. The average molecular weight is 192 g/mol. The highest BCUT2D eigenvalue weighted by Gasteiger charge is 2.53. The molecule has 1 fully saturated rings. The summed E-state index contributed by atoms with van der Waals surface area (Å²) in [5, 5.41) is 0. The number of ketones is 1. The molecule has 74 valence electrons. The number of carbonyl (C=O) groups is 2. The van der Waals surface area contributed by atoms with Gasteiger partial charge in [-0.05, 0) is 12.8 Å². The summed E-state index contributed by atoms with van der Waals surface area (Å²) in [4.78, 5) is 21.6. The Hall–Kier alpha value is -1.00. The lowest BCUT2D eigenvalue weighted by Crippen LogP contribution is -2.40. The molecule has 0 aromatic rings. The van der Waals surface area contributed by atoms with Gasteiger partial charge in [0.1, 0.15) is 5.78 Å². The lowest BCUT2D eigenvalue weighted by molar-refractivity contribution is -0.178. The third-order valence-corrected chi connectivity index (χ3v) is 2.20. The molecule has 0 aromatic carbocycles. The smallest absolute Gasteiger partial charge is 0.377 e. The first-order valence-corrected chi connectivity index (χ1v) is 3.99. The third-order valence-electron chi connectivity index (χ3n) is 2.20. The molecule has 0 bridgehead atoms. The lowest BCUT2D eigenvalue weighted by atomic mass is 9.99. The standard InChI is InChI=1S/C8H10F2O3/c1-13-7(12)8(9,10)5-3-2-4-6(5)11/h5H,2-4H2,1H3. The van der Waals surface area contributed by atoms with Crippen molar-refractivity contribution in [2.24, 2.45) is 5.92 Å². The van der Waals surface area contributed by atoms with Gasteiger partial charge in [0.25, 0.3) is 0 Å². The Morgan fingerprint density at radius 2 is 2.23 bits per heavy atom. The van der Waals surface area contributed by atoms with E-state index in [1.165, 1.54) is 0 Å². The molecule has 1 atom stereocenters. The van der Waals surface area contributed by atoms with E-state index < -0.39 is 23.6 Å². The van der Waals surface area contributed by atoms with E-state index >= 15 is 0 Å². The number of hydrogen-bond acceptors (Lipinski definition) is 3. The van der Waals surface area contributed by atoms with Crippen LogP contribution in [0.5, 0.6) is 0 Å². The maximum Gasteiger partial charge on any atom is 0.377 e. The van der Waals surface area contributed by atoms with Crippen molar-refractivity contribution in [1.29, 1.82) is 0 Å². The van der Waals surface area contributed by atoms with Crippen molar-refractivity contribution in [3.05, 3.63) is 0 Å². The van der Waals surface area contributed by atoms with E-state index in [0.717, 1.165) is 7.11 Å². The third kappa shape index (κ3) is 1.68. The molecule has 1 rings (SSSR count). The highest BCUT2D eigenvalue weighted by atomic mass is 19.3. The second-order valence-corrected chi connectivity index (χ2v) is 3.03. The summed E-state index contributed by atoms with van der Waals surface area (Å²) >= 11 is 0. The summed E-state index contributed by atoms with van der Waals surface area (Å²) in [6, 6.07) is 0. The molecule has 5 heteroatoms. The molecular weight excluding hydrogens is 182 g/mol. The largest absolute Gasteiger partial charge is 0.465 e. The Bertz CT molecular complexity index is 238. The van der Waals surface area contributed by atoms with Gasteiger partial charge < -0.3 is 4.74 Å². The first-order chi connectivity index (χ1) is 6.00. The molecule has 1 aliphatic rings. The molecule has 0 saturated heterocycles. The molecular formula is C8H10F2O3. The van der Waals surface area contributed by atoms with E-state index in [2.05, 4.69) is 4.74 Å². The van der Waals surface area contributed by atoms with E-state index in [1.54, 1.807) is 0 Å². The molecule has 0 aliphatic heterocycles. The fourth-order valence-electron chi connectivity index (χ4n) is 1.48. The molecule has 0 radical (unpaired) electrons. The number of methoxy groups -OCH3 is 1. The minimum Gasteiger partial charge on any atom is -0.465 e. The van der Waals surface area contributed by atoms with Crippen molar-refractivity contribution in [2.45, 2.75) is 25.2 Å². The summed E-state index contributed by atoms with van der Waals surface area (Å²) in [7, 11) is 0.885. The SMILES string of the molecule is COC(=O)C(F)(F)C1CCCC1=O. The fourth-order valence-corrected chi connectivity index (χ4v) is 1.48. The number of esters is 1. The van der Waals surface area contributed by atoms with E-state index in [4.69, 9.17) is 0 Å². The number of Topliss-reactive ketones (excluding diaryl/α,β-unsaturated/α-hetero) is 1. The number of alkyl halides is 2. The zero-order chi connectivity index (χ0) is 10.1. The van der Waals surface area contributed by atoms with Crippen LogP contribution in [-0.4, -0.2) is 24.8 Å². The van der Waals surface area contributed by atoms with Crippen molar-refractivity contribution in [2.75, 3.05) is 7.11 Å². The Labute approximate surface area is 74.1 Å². The minimum absolute atomic E-state index is 0.0704. The minimum atomic E-state index is -3.65. The van der Waals surface area contributed by atoms with Crippen LogP contribution >= 0.6 is 0 Å². The van der Waals surface area contributed by atoms with Crippen molar-refractivity contribution >= 4 is 11.8 Å². The summed E-state index contributed by atoms with van der Waals surface area (Å²) in [6.45, 7) is 0. The van der Waals surface area contributed by atoms with E-state index in [9.17, 15) is 18.4 Å². The zero-order valence-corrected chi connectivity index (χ0v) is 7.18. The molecule has 1 aliphatic carbocycles. The highest BCUT2D eigenvalue weighted by molar-refractivity contribution is 5.91. The molecule has 13 heavy (non-hydrogen) atoms. The Morgan fingerprint density at radius 1 is 1.62 bits per heavy atom. The first kappa shape index (κ1) is 10.1. The number of rotatable bonds is 2. The van der Waals surface area contributed by atoms with Gasteiger partial charge in [-0.1, -0.05) is 0 Å². The summed E-state index contributed by atoms with van der Waals surface area (Å²) < 4.78 is 30.1. The molecule has 1 saturated carbocycles. The quantitative estimate of drug-likeness (QED) is 0.616. The maximum absolute atomic E-state index is 13.1. The highest BCUT2D eigenvalue weighted by Crippen LogP contribution is 2.36. The molecule has 0 amide bonds. The first-order valence-electron chi connectivity index (χ1n) is 3.99. The van der Waals surface area contributed by atoms with E-state index in [0.29, 0.717) is 6.42 Å². The van der Waals surface area contributed by atoms with Crippen molar-refractivity contribution in [1.82, 2.24) is 0 Å². The van der Waals surface area contributed by atoms with Gasteiger partial charge in [0.05, 0.1) is 13.0 Å². The molecule has 3 nitrogen and oxygen atoms in total. The topological polar surface area (TPSA) is 43.4 Å². The monoisotopic (exact) mass is 192 g/mol. The predicted molar refractivity (Wildman–Crippen MR) is 39.3 cm³/mol. The number of hydrogen-bond donors (Lipinski definition) is 0. The van der Waals surface area contributed by atoms with Crippen LogP contribution in [-0.2, 0) is 14.3 Å². The van der Waals surface area contributed by atoms with Gasteiger partial charge in [0, 0.05) is 6.42 Å². The van der Waals surface area contributed by atoms with Crippen LogP contribution in [0.3, 0.4) is 0 Å². The van der Waals surface area contributed by atoms with Crippen LogP contribution < -0.4 is 0 Å². The van der Waals surface area contributed by atoms with Crippen LogP contribution in [0.4, 0.5) is 8.78 Å². The van der Waals surface area contributed by atoms with Gasteiger partial charge in [0.2, 0.25) is 0 Å². The molecule has 0 N–H and O–H groups in total. The van der Waals surface area contributed by atoms with Crippen LogP contribution in [0.15, 0.2) is 0 Å². The van der Waals surface area contributed by atoms with Crippen LogP contribution in [0.2, 0.25) is 0 Å². The number of ether oxygens (including phenoxy) is 1. The average Bonchev–Trinajstić information content (AvgIpc) is 2.50. The lowest BCUT2D eigenvalue weighted by Gasteiger charge is -2.18. The van der Waals surface area contributed by atoms with Crippen molar-refractivity contribution in [3.8, 4) is 0 Å². The number of carbonyl (C=O) groups excluding carboxylic acids is 2. The van der Waals surface area contributed by atoms with Gasteiger partial charge in [-0.3, -0.25) is 4.79 Å². The molecule has 1 unspecified atom stereocenters. The van der Waals surface area contributed by atoms with Crippen LogP contribution in [0, 0.1) is 5.92 Å². The summed E-state index contributed by atoms with van der Waals surface area (Å²) in [5.41, 5.74) is 0. The Kier molecular flexibility index (Phi) is 2.63. The number of halogens is 2. The van der Waals surface area contributed by atoms with Crippen molar-refractivity contribution < 1.29 is 23.1 Å². The molecule has 0 spiro atoms. The van der Waals surface area contributed by atoms with Gasteiger partial charge in [-0.15, -0.1) is 0 Å². The van der Waals surface area contributed by atoms with Gasteiger partial charge in [0.15, 0.2) is 0 Å². The van der Waals surface area contributed by atoms with Crippen LogP contribution in [0.25, 0.3) is 0 Å². The second kappa shape index (κ2) is 3.40. The van der Waals surface area contributed by atoms with Crippen LogP contribution in [0.1, 0.15) is 19.3 Å². The van der Waals surface area contributed by atoms with E-state index in [-0.39, 0.29) is 12.8 Å². The normalized spacial score (nSPS) is 23.3. The predicted octanol–water partition coefficient (Wildman–Crippen LogP) is 1.16. The maximum atomic E-state index is 13.1. The van der Waals surface area contributed by atoms with E-state index in [1.807, 2.05) is 0 Å². The van der Waals surface area contributed by atoms with Gasteiger partial charge in [-0.2, -0.15) is 8.78 Å². The second-order valence-electron chi connectivity index (χ2n) is 3.03. The van der Waals surface area contributed by atoms with Gasteiger partial charge >= 0.3 is 11.9 Å².